The number of hydrogen-bond acceptors (Lipinski definition) is 3. The Hall–Kier alpha value is -2.14. The molecule has 0 bridgehead atoms. The van der Waals surface area contributed by atoms with Crippen LogP contribution in [-0.4, -0.2) is 46.8 Å². The van der Waals surface area contributed by atoms with Crippen molar-refractivity contribution in [2.75, 3.05) is 20.1 Å². The highest BCUT2D eigenvalue weighted by molar-refractivity contribution is 5.95. The van der Waals surface area contributed by atoms with Crippen LogP contribution in [0.2, 0.25) is 0 Å². The molecule has 1 atom stereocenters. The van der Waals surface area contributed by atoms with Crippen molar-refractivity contribution in [1.29, 1.82) is 0 Å². The highest BCUT2D eigenvalue weighted by Crippen LogP contribution is 2.25. The molecular formula is C20H28N4O. The predicted octanol–water partition coefficient (Wildman–Crippen LogP) is 2.99. The Balaban J connectivity index is 1.83. The topological polar surface area (TPSA) is 50.2 Å². The molecule has 0 aliphatic carbocycles. The summed E-state index contributed by atoms with van der Waals surface area (Å²) in [5, 5.41) is 7.83. The first kappa shape index (κ1) is 17.7. The molecule has 1 unspecified atom stereocenters. The Bertz CT molecular complexity index is 730. The van der Waals surface area contributed by atoms with E-state index in [9.17, 15) is 4.79 Å². The third-order valence-electron chi connectivity index (χ3n) is 4.86. The lowest BCUT2D eigenvalue weighted by atomic mass is 9.89. The summed E-state index contributed by atoms with van der Waals surface area (Å²) in [5.74, 6) is -0.0348. The van der Waals surface area contributed by atoms with E-state index in [0.29, 0.717) is 18.2 Å². The van der Waals surface area contributed by atoms with Crippen LogP contribution in [0.4, 0.5) is 0 Å². The molecule has 1 aromatic carbocycles. The molecule has 134 valence electrons. The van der Waals surface area contributed by atoms with E-state index in [1.54, 1.807) is 4.68 Å². The lowest BCUT2D eigenvalue weighted by molar-refractivity contribution is 0.0941. The van der Waals surface area contributed by atoms with Crippen LogP contribution in [0.1, 0.15) is 49.7 Å². The molecule has 5 nitrogen and oxygen atoms in total. The summed E-state index contributed by atoms with van der Waals surface area (Å²) in [6.45, 7) is 8.07. The standard InChI is InChI=1S/C20H28N4O/c1-20(2,3)18-17(14-24(22-18)15-9-6-5-7-10-15)19(25)21-13-16-11-8-12-23(16)4/h5-7,9-10,14,16H,8,11-13H2,1-4H3,(H,21,25). The van der Waals surface area contributed by atoms with Crippen molar-refractivity contribution < 1.29 is 4.79 Å². The van der Waals surface area contributed by atoms with E-state index in [-0.39, 0.29) is 11.3 Å². The number of likely N-dealkylation sites (tertiary alicyclic amines) is 1. The number of likely N-dealkylation sites (N-methyl/N-ethyl adjacent to an activating group) is 1. The van der Waals surface area contributed by atoms with Crippen molar-refractivity contribution in [3.8, 4) is 5.69 Å². The number of carbonyl (C=O) groups is 1. The third kappa shape index (κ3) is 3.93. The van der Waals surface area contributed by atoms with Gasteiger partial charge in [0.15, 0.2) is 0 Å². The first-order valence-electron chi connectivity index (χ1n) is 9.00. The molecule has 2 aromatic rings. The van der Waals surface area contributed by atoms with Crippen LogP contribution >= 0.6 is 0 Å². The van der Waals surface area contributed by atoms with Gasteiger partial charge in [-0.25, -0.2) is 4.68 Å². The second kappa shape index (κ2) is 7.00. The Labute approximate surface area is 150 Å². The van der Waals surface area contributed by atoms with Crippen molar-refractivity contribution >= 4 is 5.91 Å². The molecule has 0 saturated carbocycles. The molecule has 1 N–H and O–H groups in total. The van der Waals surface area contributed by atoms with Gasteiger partial charge >= 0.3 is 0 Å². The Morgan fingerprint density at radius 2 is 2.00 bits per heavy atom. The van der Waals surface area contributed by atoms with Crippen molar-refractivity contribution in [2.45, 2.75) is 45.1 Å². The largest absolute Gasteiger partial charge is 0.350 e. The summed E-state index contributed by atoms with van der Waals surface area (Å²) in [6, 6.07) is 10.4. The minimum absolute atomic E-state index is 0.0348. The van der Waals surface area contributed by atoms with Gasteiger partial charge in [0.25, 0.3) is 5.91 Å². The zero-order valence-corrected chi connectivity index (χ0v) is 15.6. The first-order chi connectivity index (χ1) is 11.9. The number of nitrogens with one attached hydrogen (secondary N) is 1. The smallest absolute Gasteiger partial charge is 0.254 e. The summed E-state index contributed by atoms with van der Waals surface area (Å²) < 4.78 is 1.80. The molecule has 1 aliphatic rings. The maximum atomic E-state index is 12.8. The molecule has 25 heavy (non-hydrogen) atoms. The molecule has 1 aliphatic heterocycles. The predicted molar refractivity (Wildman–Crippen MR) is 100 cm³/mol. The first-order valence-corrected chi connectivity index (χ1v) is 9.00. The minimum Gasteiger partial charge on any atom is -0.350 e. The van der Waals surface area contributed by atoms with Gasteiger partial charge in [-0.05, 0) is 38.6 Å². The molecule has 5 heteroatoms. The van der Waals surface area contributed by atoms with Gasteiger partial charge in [0.2, 0.25) is 0 Å². The summed E-state index contributed by atoms with van der Waals surface area (Å²) in [4.78, 5) is 15.2. The quantitative estimate of drug-likeness (QED) is 0.931. The minimum atomic E-state index is -0.198. The van der Waals surface area contributed by atoms with E-state index in [0.717, 1.165) is 24.3 Å². The van der Waals surface area contributed by atoms with Gasteiger partial charge in [-0.15, -0.1) is 0 Å². The normalized spacial score (nSPS) is 18.5. The summed E-state index contributed by atoms with van der Waals surface area (Å²) in [6.07, 6.45) is 4.20. The molecule has 0 radical (unpaired) electrons. The number of aromatic nitrogens is 2. The van der Waals surface area contributed by atoms with Crippen LogP contribution in [0.3, 0.4) is 0 Å². The number of hydrogen-bond donors (Lipinski definition) is 1. The van der Waals surface area contributed by atoms with Gasteiger partial charge < -0.3 is 10.2 Å². The van der Waals surface area contributed by atoms with E-state index in [2.05, 4.69) is 38.0 Å². The van der Waals surface area contributed by atoms with Gasteiger partial charge in [0.05, 0.1) is 16.9 Å². The maximum absolute atomic E-state index is 12.8. The average Bonchev–Trinajstić information content (AvgIpc) is 3.20. The molecule has 1 aromatic heterocycles. The molecule has 1 amide bonds. The number of amides is 1. The zero-order valence-electron chi connectivity index (χ0n) is 15.6. The molecule has 1 fully saturated rings. The van der Waals surface area contributed by atoms with Crippen LogP contribution in [0.5, 0.6) is 0 Å². The van der Waals surface area contributed by atoms with Crippen LogP contribution in [0.25, 0.3) is 5.69 Å². The lowest BCUT2D eigenvalue weighted by Gasteiger charge is -2.20. The van der Waals surface area contributed by atoms with Crippen molar-refractivity contribution in [2.24, 2.45) is 0 Å². The molecule has 0 spiro atoms. The average molecular weight is 340 g/mol. The van der Waals surface area contributed by atoms with Crippen LogP contribution < -0.4 is 5.32 Å². The van der Waals surface area contributed by atoms with Crippen molar-refractivity contribution in [1.82, 2.24) is 20.0 Å². The van der Waals surface area contributed by atoms with Crippen molar-refractivity contribution in [3.63, 3.8) is 0 Å². The van der Waals surface area contributed by atoms with Gasteiger partial charge in [-0.2, -0.15) is 5.10 Å². The number of rotatable bonds is 4. The zero-order chi connectivity index (χ0) is 18.0. The lowest BCUT2D eigenvalue weighted by Crippen LogP contribution is -2.38. The fourth-order valence-corrected chi connectivity index (χ4v) is 3.35. The second-order valence-corrected chi connectivity index (χ2v) is 7.91. The molecule has 3 rings (SSSR count). The third-order valence-corrected chi connectivity index (χ3v) is 4.86. The summed E-state index contributed by atoms with van der Waals surface area (Å²) in [5.41, 5.74) is 2.25. The van der Waals surface area contributed by atoms with E-state index < -0.39 is 0 Å². The fourth-order valence-electron chi connectivity index (χ4n) is 3.35. The van der Waals surface area contributed by atoms with Crippen molar-refractivity contribution in [3.05, 3.63) is 47.8 Å². The van der Waals surface area contributed by atoms with Gasteiger partial charge in [-0.3, -0.25) is 4.79 Å². The molecular weight excluding hydrogens is 312 g/mol. The van der Waals surface area contributed by atoms with E-state index >= 15 is 0 Å². The summed E-state index contributed by atoms with van der Waals surface area (Å²) in [7, 11) is 2.12. The van der Waals surface area contributed by atoms with Crippen LogP contribution in [0.15, 0.2) is 36.5 Å². The molecule has 2 heterocycles. The fraction of sp³-hybridized carbons (Fsp3) is 0.500. The molecule has 1 saturated heterocycles. The van der Waals surface area contributed by atoms with E-state index in [1.807, 2.05) is 36.5 Å². The number of para-hydroxylation sites is 1. The second-order valence-electron chi connectivity index (χ2n) is 7.91. The van der Waals surface area contributed by atoms with Gasteiger partial charge in [0.1, 0.15) is 0 Å². The Morgan fingerprint density at radius 1 is 1.28 bits per heavy atom. The Kier molecular flexibility index (Phi) is 4.95. The monoisotopic (exact) mass is 340 g/mol. The van der Waals surface area contributed by atoms with E-state index in [1.165, 1.54) is 6.42 Å². The number of nitrogens with zero attached hydrogens (tertiary/aromatic N) is 3. The highest BCUT2D eigenvalue weighted by atomic mass is 16.1. The van der Waals surface area contributed by atoms with Crippen LogP contribution in [0, 0.1) is 0 Å². The van der Waals surface area contributed by atoms with Gasteiger partial charge in [0, 0.05) is 24.2 Å². The van der Waals surface area contributed by atoms with Crippen LogP contribution in [-0.2, 0) is 5.41 Å². The number of carbonyl (C=O) groups excluding carboxylic acids is 1. The SMILES string of the molecule is CN1CCCC1CNC(=O)c1cn(-c2ccccc2)nc1C(C)(C)C. The summed E-state index contributed by atoms with van der Waals surface area (Å²) >= 11 is 0. The number of benzene rings is 1. The van der Waals surface area contributed by atoms with Gasteiger partial charge in [-0.1, -0.05) is 39.0 Å². The Morgan fingerprint density at radius 3 is 2.60 bits per heavy atom. The maximum Gasteiger partial charge on any atom is 0.254 e. The van der Waals surface area contributed by atoms with E-state index in [4.69, 9.17) is 5.10 Å². The highest BCUT2D eigenvalue weighted by Gasteiger charge is 2.28.